The molecule has 1 saturated carbocycles. The first-order chi connectivity index (χ1) is 9.70. The molecule has 1 aromatic rings. The molecule has 4 nitrogen and oxygen atoms in total. The Labute approximate surface area is 117 Å². The van der Waals surface area contributed by atoms with Gasteiger partial charge in [0.25, 0.3) is 0 Å². The Morgan fingerprint density at radius 2 is 2.00 bits per heavy atom. The van der Waals surface area contributed by atoms with E-state index in [-0.39, 0.29) is 11.2 Å². The van der Waals surface area contributed by atoms with Crippen LogP contribution >= 0.6 is 0 Å². The highest BCUT2D eigenvalue weighted by Gasteiger charge is 2.67. The maximum Gasteiger partial charge on any atom is 0.161 e. The summed E-state index contributed by atoms with van der Waals surface area (Å²) >= 11 is 0. The lowest BCUT2D eigenvalue weighted by Crippen LogP contribution is -2.31. The summed E-state index contributed by atoms with van der Waals surface area (Å²) in [6.45, 7) is 0.820. The molecule has 1 spiro atoms. The second kappa shape index (κ2) is 3.85. The van der Waals surface area contributed by atoms with Gasteiger partial charge in [-0.05, 0) is 35.3 Å². The van der Waals surface area contributed by atoms with Crippen molar-refractivity contribution in [3.63, 3.8) is 0 Å². The van der Waals surface area contributed by atoms with Crippen LogP contribution in [-0.2, 0) is 16.8 Å². The van der Waals surface area contributed by atoms with Gasteiger partial charge in [0.2, 0.25) is 0 Å². The molecule has 104 valence electrons. The number of hydrogen-bond acceptors (Lipinski definition) is 4. The van der Waals surface area contributed by atoms with E-state index in [1.807, 2.05) is 6.07 Å². The van der Waals surface area contributed by atoms with Crippen LogP contribution in [0.2, 0.25) is 0 Å². The number of nitrogens with one attached hydrogen (secondary N) is 1. The summed E-state index contributed by atoms with van der Waals surface area (Å²) in [5.74, 6) is 2.14. The van der Waals surface area contributed by atoms with Crippen molar-refractivity contribution in [1.82, 2.24) is 5.32 Å². The molecule has 1 heterocycles. The standard InChI is InChI=1S/C16H17NO3/c1-19-13-5-9-8-17-15-12-6-10(18)3-4-16(12,15)11(9)7-14(13)20-2/h3-5,7,12,15,17H,6,8H2,1-2H3/t12-,15?,16+/m1/s1. The Morgan fingerprint density at radius 1 is 1.25 bits per heavy atom. The van der Waals surface area contributed by atoms with Crippen LogP contribution in [0.4, 0.5) is 0 Å². The molecule has 1 N–H and O–H groups in total. The van der Waals surface area contributed by atoms with E-state index in [1.54, 1.807) is 20.3 Å². The van der Waals surface area contributed by atoms with Gasteiger partial charge in [0.05, 0.1) is 14.2 Å². The van der Waals surface area contributed by atoms with Crippen molar-refractivity contribution in [2.45, 2.75) is 24.4 Å². The van der Waals surface area contributed by atoms with Crippen LogP contribution in [0, 0.1) is 5.92 Å². The summed E-state index contributed by atoms with van der Waals surface area (Å²) in [7, 11) is 3.31. The number of ether oxygens (including phenoxy) is 2. The number of benzene rings is 1. The van der Waals surface area contributed by atoms with Gasteiger partial charge >= 0.3 is 0 Å². The van der Waals surface area contributed by atoms with E-state index in [9.17, 15) is 4.79 Å². The Morgan fingerprint density at radius 3 is 2.75 bits per heavy atom. The highest BCUT2D eigenvalue weighted by Crippen LogP contribution is 2.62. The fourth-order valence-electron chi connectivity index (χ4n) is 3.97. The number of fused-ring (bicyclic) bond motifs is 2. The minimum Gasteiger partial charge on any atom is -0.493 e. The third-order valence-corrected chi connectivity index (χ3v) is 4.98. The average molecular weight is 271 g/mol. The molecule has 3 aliphatic rings. The number of ketones is 1. The van der Waals surface area contributed by atoms with Gasteiger partial charge in [0.1, 0.15) is 0 Å². The number of carbonyl (C=O) groups is 1. The summed E-state index contributed by atoms with van der Waals surface area (Å²) in [4.78, 5) is 11.6. The minimum absolute atomic E-state index is 0.0129. The van der Waals surface area contributed by atoms with E-state index in [0.717, 1.165) is 18.0 Å². The van der Waals surface area contributed by atoms with Crippen molar-refractivity contribution >= 4 is 5.78 Å². The molecule has 20 heavy (non-hydrogen) atoms. The maximum atomic E-state index is 11.6. The largest absolute Gasteiger partial charge is 0.493 e. The molecule has 4 heteroatoms. The second-order valence-electron chi connectivity index (χ2n) is 5.77. The summed E-state index contributed by atoms with van der Waals surface area (Å²) in [5, 5.41) is 3.55. The predicted molar refractivity (Wildman–Crippen MR) is 74.1 cm³/mol. The quantitative estimate of drug-likeness (QED) is 0.887. The first kappa shape index (κ1) is 12.0. The Kier molecular flexibility index (Phi) is 2.31. The van der Waals surface area contributed by atoms with E-state index in [2.05, 4.69) is 17.5 Å². The fraction of sp³-hybridized carbons (Fsp3) is 0.438. The molecule has 4 rings (SSSR count). The van der Waals surface area contributed by atoms with Crippen LogP contribution < -0.4 is 14.8 Å². The van der Waals surface area contributed by atoms with Crippen molar-refractivity contribution in [1.29, 1.82) is 0 Å². The molecule has 1 unspecified atom stereocenters. The molecule has 2 aliphatic carbocycles. The lowest BCUT2D eigenvalue weighted by Gasteiger charge is -2.26. The molecule has 1 aliphatic heterocycles. The SMILES string of the molecule is COc1cc2c(cc1OC)[C@@]13C=CC(=O)C[C@@H]1C3NC2. The number of allylic oxidation sites excluding steroid dienone is 1. The Hall–Kier alpha value is -1.81. The van der Waals surface area contributed by atoms with Gasteiger partial charge in [-0.25, -0.2) is 0 Å². The van der Waals surface area contributed by atoms with Crippen molar-refractivity contribution < 1.29 is 14.3 Å². The van der Waals surface area contributed by atoms with Crippen molar-refractivity contribution in [3.05, 3.63) is 35.4 Å². The summed E-state index contributed by atoms with van der Waals surface area (Å²) < 4.78 is 10.8. The van der Waals surface area contributed by atoms with Crippen molar-refractivity contribution in [3.8, 4) is 11.5 Å². The minimum atomic E-state index is -0.0129. The van der Waals surface area contributed by atoms with E-state index in [4.69, 9.17) is 9.47 Å². The molecule has 0 amide bonds. The normalized spacial score (nSPS) is 33.0. The van der Waals surface area contributed by atoms with E-state index >= 15 is 0 Å². The van der Waals surface area contributed by atoms with Gasteiger partial charge < -0.3 is 14.8 Å². The lowest BCUT2D eigenvalue weighted by molar-refractivity contribution is -0.115. The van der Waals surface area contributed by atoms with E-state index < -0.39 is 0 Å². The second-order valence-corrected chi connectivity index (χ2v) is 5.77. The highest BCUT2D eigenvalue weighted by molar-refractivity contribution is 5.93. The molecule has 3 atom stereocenters. The maximum absolute atomic E-state index is 11.6. The zero-order chi connectivity index (χ0) is 13.9. The summed E-state index contributed by atoms with van der Waals surface area (Å²) in [5.41, 5.74) is 2.51. The Balaban J connectivity index is 1.88. The molecular formula is C16H17NO3. The van der Waals surface area contributed by atoms with Gasteiger partial charge in [-0.15, -0.1) is 0 Å². The van der Waals surface area contributed by atoms with Crippen LogP contribution in [0.25, 0.3) is 0 Å². The number of methoxy groups -OCH3 is 2. The highest BCUT2D eigenvalue weighted by atomic mass is 16.5. The summed E-state index contributed by atoms with van der Waals surface area (Å²) in [6, 6.07) is 4.52. The van der Waals surface area contributed by atoms with Gasteiger partial charge in [0, 0.05) is 24.4 Å². The lowest BCUT2D eigenvalue weighted by atomic mass is 9.83. The first-order valence-corrected chi connectivity index (χ1v) is 6.91. The van der Waals surface area contributed by atoms with Gasteiger partial charge in [0.15, 0.2) is 17.3 Å². The van der Waals surface area contributed by atoms with Gasteiger partial charge in [-0.2, -0.15) is 0 Å². The van der Waals surface area contributed by atoms with Crippen LogP contribution in [0.5, 0.6) is 11.5 Å². The molecule has 1 aromatic carbocycles. The van der Waals surface area contributed by atoms with Crippen molar-refractivity contribution in [2.75, 3.05) is 14.2 Å². The molecule has 0 aromatic heterocycles. The van der Waals surface area contributed by atoms with Gasteiger partial charge in [-0.1, -0.05) is 6.08 Å². The molecule has 0 saturated heterocycles. The molecule has 1 fully saturated rings. The third-order valence-electron chi connectivity index (χ3n) is 4.98. The third kappa shape index (κ3) is 1.32. The molecule has 0 bridgehead atoms. The van der Waals surface area contributed by atoms with Crippen LogP contribution in [0.1, 0.15) is 17.5 Å². The zero-order valence-electron chi connectivity index (χ0n) is 11.6. The summed E-state index contributed by atoms with van der Waals surface area (Å²) in [6.07, 6.45) is 4.47. The van der Waals surface area contributed by atoms with E-state index in [1.165, 1.54) is 11.1 Å². The smallest absolute Gasteiger partial charge is 0.161 e. The van der Waals surface area contributed by atoms with E-state index in [0.29, 0.717) is 18.4 Å². The number of carbonyl (C=O) groups excluding carboxylic acids is 1. The number of hydrogen-bond donors (Lipinski definition) is 1. The number of rotatable bonds is 2. The topological polar surface area (TPSA) is 47.6 Å². The van der Waals surface area contributed by atoms with Crippen molar-refractivity contribution in [2.24, 2.45) is 5.92 Å². The predicted octanol–water partition coefficient (Wildman–Crippen LogP) is 1.57. The molecular weight excluding hydrogens is 254 g/mol. The monoisotopic (exact) mass is 271 g/mol. The van der Waals surface area contributed by atoms with Crippen LogP contribution in [0.3, 0.4) is 0 Å². The Bertz CT molecular complexity index is 637. The zero-order valence-corrected chi connectivity index (χ0v) is 11.6. The van der Waals surface area contributed by atoms with Crippen LogP contribution in [-0.4, -0.2) is 26.0 Å². The van der Waals surface area contributed by atoms with Gasteiger partial charge in [-0.3, -0.25) is 4.79 Å². The molecule has 0 radical (unpaired) electrons. The fourth-order valence-corrected chi connectivity index (χ4v) is 3.97. The first-order valence-electron chi connectivity index (χ1n) is 6.91. The van der Waals surface area contributed by atoms with Crippen LogP contribution in [0.15, 0.2) is 24.3 Å². The average Bonchev–Trinajstić information content (AvgIpc) is 3.14.